The Morgan fingerprint density at radius 2 is 1.73 bits per heavy atom. The van der Waals surface area contributed by atoms with Crippen LogP contribution in [0.5, 0.6) is 0 Å². The Kier molecular flexibility index (Phi) is 5.56. The molecule has 8 nitrogen and oxygen atoms in total. The van der Waals surface area contributed by atoms with E-state index < -0.39 is 22.6 Å². The zero-order chi connectivity index (χ0) is 19.3. The lowest BCUT2D eigenvalue weighted by Gasteiger charge is -2.19. The standard InChI is InChI=1S/C18H19N3O5/c1-18(2,3)13-6-4-12(5-7-13)17(23)20-19-15(22)10-8-14-9-11-16(26-14)21(24)25/h4-11H,1-3H3,(H,19,22)(H,20,23)/b10-8+. The third kappa shape index (κ3) is 5.04. The number of furan rings is 1. The van der Waals surface area contributed by atoms with Gasteiger partial charge < -0.3 is 4.42 Å². The first-order valence-corrected chi connectivity index (χ1v) is 7.80. The van der Waals surface area contributed by atoms with Gasteiger partial charge in [-0.3, -0.25) is 30.6 Å². The van der Waals surface area contributed by atoms with E-state index in [1.807, 2.05) is 12.1 Å². The van der Waals surface area contributed by atoms with Crippen molar-refractivity contribution in [2.24, 2.45) is 0 Å². The summed E-state index contributed by atoms with van der Waals surface area (Å²) in [4.78, 5) is 33.5. The van der Waals surface area contributed by atoms with Crippen LogP contribution in [0.25, 0.3) is 6.08 Å². The van der Waals surface area contributed by atoms with Crippen LogP contribution in [-0.2, 0) is 10.2 Å². The molecule has 0 atom stereocenters. The Hall–Kier alpha value is -3.42. The number of benzene rings is 1. The molecular formula is C18H19N3O5. The molecule has 0 radical (unpaired) electrons. The van der Waals surface area contributed by atoms with Crippen molar-refractivity contribution in [3.63, 3.8) is 0 Å². The number of nitrogens with zero attached hydrogens (tertiary/aromatic N) is 1. The highest BCUT2D eigenvalue weighted by atomic mass is 16.6. The van der Waals surface area contributed by atoms with Crippen molar-refractivity contribution in [3.8, 4) is 0 Å². The third-order valence-electron chi connectivity index (χ3n) is 3.50. The van der Waals surface area contributed by atoms with E-state index in [4.69, 9.17) is 4.42 Å². The first kappa shape index (κ1) is 18.9. The number of hydrazine groups is 1. The Labute approximate surface area is 150 Å². The van der Waals surface area contributed by atoms with E-state index in [0.29, 0.717) is 5.56 Å². The van der Waals surface area contributed by atoms with E-state index in [1.54, 1.807) is 12.1 Å². The number of carbonyl (C=O) groups excluding carboxylic acids is 2. The second-order valence-corrected chi connectivity index (χ2v) is 6.54. The molecule has 2 rings (SSSR count). The predicted octanol–water partition coefficient (Wildman–Crippen LogP) is 2.96. The Morgan fingerprint density at radius 3 is 2.27 bits per heavy atom. The van der Waals surface area contributed by atoms with E-state index in [0.717, 1.165) is 11.6 Å². The summed E-state index contributed by atoms with van der Waals surface area (Å²) in [7, 11) is 0. The summed E-state index contributed by atoms with van der Waals surface area (Å²) in [6.07, 6.45) is 2.35. The first-order chi connectivity index (χ1) is 12.2. The largest absolute Gasteiger partial charge is 0.433 e. The normalized spacial score (nSPS) is 11.3. The monoisotopic (exact) mass is 357 g/mol. The van der Waals surface area contributed by atoms with E-state index in [-0.39, 0.29) is 11.2 Å². The van der Waals surface area contributed by atoms with Crippen molar-refractivity contribution < 1.29 is 18.9 Å². The maximum atomic E-state index is 12.0. The Bertz CT molecular complexity index is 844. The molecule has 2 aromatic rings. The Balaban J connectivity index is 1.89. The highest BCUT2D eigenvalue weighted by Gasteiger charge is 2.14. The molecule has 8 heteroatoms. The van der Waals surface area contributed by atoms with Crippen LogP contribution in [0.15, 0.2) is 46.9 Å². The quantitative estimate of drug-likeness (QED) is 0.496. The Morgan fingerprint density at radius 1 is 1.08 bits per heavy atom. The number of amides is 2. The van der Waals surface area contributed by atoms with Gasteiger partial charge in [0.05, 0.1) is 6.07 Å². The molecular weight excluding hydrogens is 338 g/mol. The molecule has 1 aromatic carbocycles. The lowest BCUT2D eigenvalue weighted by Crippen LogP contribution is -2.40. The maximum absolute atomic E-state index is 12.0. The number of nitrogens with one attached hydrogen (secondary N) is 2. The van der Waals surface area contributed by atoms with Gasteiger partial charge in [-0.1, -0.05) is 32.9 Å². The lowest BCUT2D eigenvalue weighted by atomic mass is 9.87. The molecule has 136 valence electrons. The van der Waals surface area contributed by atoms with Crippen molar-refractivity contribution in [3.05, 3.63) is 69.5 Å². The zero-order valence-corrected chi connectivity index (χ0v) is 14.6. The second-order valence-electron chi connectivity index (χ2n) is 6.54. The van der Waals surface area contributed by atoms with Crippen molar-refractivity contribution >= 4 is 23.8 Å². The summed E-state index contributed by atoms with van der Waals surface area (Å²) >= 11 is 0. The van der Waals surface area contributed by atoms with Crippen molar-refractivity contribution in [2.75, 3.05) is 0 Å². The summed E-state index contributed by atoms with van der Waals surface area (Å²) in [5.41, 5.74) is 5.99. The number of carbonyl (C=O) groups is 2. The van der Waals surface area contributed by atoms with Gasteiger partial charge in [0.1, 0.15) is 10.7 Å². The average molecular weight is 357 g/mol. The first-order valence-electron chi connectivity index (χ1n) is 7.80. The van der Waals surface area contributed by atoms with Gasteiger partial charge in [-0.2, -0.15) is 0 Å². The van der Waals surface area contributed by atoms with E-state index in [2.05, 4.69) is 31.6 Å². The highest BCUT2D eigenvalue weighted by Crippen LogP contribution is 2.22. The fraction of sp³-hybridized carbons (Fsp3) is 0.222. The fourth-order valence-corrected chi connectivity index (χ4v) is 2.04. The molecule has 0 unspecified atom stereocenters. The molecule has 0 fully saturated rings. The molecule has 1 aromatic heterocycles. The summed E-state index contributed by atoms with van der Waals surface area (Å²) in [6.45, 7) is 6.22. The van der Waals surface area contributed by atoms with Gasteiger partial charge in [0.25, 0.3) is 11.8 Å². The van der Waals surface area contributed by atoms with Crippen LogP contribution in [0.4, 0.5) is 5.88 Å². The average Bonchev–Trinajstić information content (AvgIpc) is 3.06. The summed E-state index contributed by atoms with van der Waals surface area (Å²) in [5.74, 6) is -1.34. The minimum absolute atomic E-state index is 0.0189. The molecule has 0 aliphatic rings. The molecule has 0 saturated carbocycles. The molecule has 1 heterocycles. The second kappa shape index (κ2) is 7.64. The molecule has 2 amide bonds. The molecule has 0 spiro atoms. The summed E-state index contributed by atoms with van der Waals surface area (Å²) < 4.78 is 4.88. The maximum Gasteiger partial charge on any atom is 0.433 e. The van der Waals surface area contributed by atoms with Gasteiger partial charge in [-0.05, 0) is 35.3 Å². The van der Waals surface area contributed by atoms with Crippen LogP contribution in [0.2, 0.25) is 0 Å². The van der Waals surface area contributed by atoms with Crippen LogP contribution in [0, 0.1) is 10.1 Å². The summed E-state index contributed by atoms with van der Waals surface area (Å²) in [6, 6.07) is 9.62. The van der Waals surface area contributed by atoms with Gasteiger partial charge in [-0.15, -0.1) is 0 Å². The van der Waals surface area contributed by atoms with Gasteiger partial charge in [-0.25, -0.2) is 0 Å². The van der Waals surface area contributed by atoms with Crippen LogP contribution in [0.1, 0.15) is 42.5 Å². The van der Waals surface area contributed by atoms with Gasteiger partial charge in [0.2, 0.25) is 0 Å². The molecule has 0 saturated heterocycles. The van der Waals surface area contributed by atoms with Crippen LogP contribution in [-0.4, -0.2) is 16.7 Å². The van der Waals surface area contributed by atoms with Crippen molar-refractivity contribution in [2.45, 2.75) is 26.2 Å². The topological polar surface area (TPSA) is 114 Å². The SMILES string of the molecule is CC(C)(C)c1ccc(C(=O)NNC(=O)/C=C/c2ccc([N+](=O)[O-])o2)cc1. The summed E-state index contributed by atoms with van der Waals surface area (Å²) in [5, 5.41) is 10.5. The van der Waals surface area contributed by atoms with Crippen molar-refractivity contribution in [1.29, 1.82) is 0 Å². The van der Waals surface area contributed by atoms with Gasteiger partial charge in [0, 0.05) is 11.6 Å². The van der Waals surface area contributed by atoms with Crippen LogP contribution >= 0.6 is 0 Å². The minimum Gasteiger partial charge on any atom is -0.401 e. The van der Waals surface area contributed by atoms with Gasteiger partial charge in [0.15, 0.2) is 0 Å². The van der Waals surface area contributed by atoms with Crippen LogP contribution < -0.4 is 10.9 Å². The van der Waals surface area contributed by atoms with Crippen molar-refractivity contribution in [1.82, 2.24) is 10.9 Å². The fourth-order valence-electron chi connectivity index (χ4n) is 2.04. The number of hydrogen-bond donors (Lipinski definition) is 2. The van der Waals surface area contributed by atoms with E-state index >= 15 is 0 Å². The predicted molar refractivity (Wildman–Crippen MR) is 95.1 cm³/mol. The molecule has 26 heavy (non-hydrogen) atoms. The molecule has 2 N–H and O–H groups in total. The third-order valence-corrected chi connectivity index (χ3v) is 3.50. The molecule has 0 bridgehead atoms. The smallest absolute Gasteiger partial charge is 0.401 e. The molecule has 0 aliphatic heterocycles. The zero-order valence-electron chi connectivity index (χ0n) is 14.6. The number of rotatable bonds is 4. The van der Waals surface area contributed by atoms with Gasteiger partial charge >= 0.3 is 5.88 Å². The molecule has 0 aliphatic carbocycles. The number of nitro groups is 1. The lowest BCUT2D eigenvalue weighted by molar-refractivity contribution is -0.402. The highest BCUT2D eigenvalue weighted by molar-refractivity contribution is 5.97. The number of hydrogen-bond acceptors (Lipinski definition) is 5. The minimum atomic E-state index is -0.678. The van der Waals surface area contributed by atoms with E-state index in [1.165, 1.54) is 18.2 Å². The van der Waals surface area contributed by atoms with E-state index in [9.17, 15) is 19.7 Å². The van der Waals surface area contributed by atoms with Crippen LogP contribution in [0.3, 0.4) is 0 Å².